The summed E-state index contributed by atoms with van der Waals surface area (Å²) in [5.41, 5.74) is 19.1. The fourth-order valence-corrected chi connectivity index (χ4v) is 10.5. The zero-order valence-electron chi connectivity index (χ0n) is 47.3. The third kappa shape index (κ3) is 11.0. The predicted molar refractivity (Wildman–Crippen MR) is 320 cm³/mol. The Morgan fingerprint density at radius 2 is 1.12 bits per heavy atom. The van der Waals surface area contributed by atoms with Gasteiger partial charge in [0.05, 0.1) is 33.4 Å². The minimum Gasteiger partial charge on any atom is -0.443 e. The topological polar surface area (TPSA) is 185 Å². The van der Waals surface area contributed by atoms with E-state index in [1.165, 1.54) is 20.5 Å². The lowest BCUT2D eigenvalue weighted by Crippen LogP contribution is -2.44. The van der Waals surface area contributed by atoms with Gasteiger partial charge in [-0.3, -0.25) is 5.10 Å². The lowest BCUT2D eigenvalue weighted by Gasteiger charge is -2.34. The number of likely N-dealkylation sites (N-methyl/N-ethyl adjacent to an activating group) is 2. The number of nitrogens with two attached hydrogens (primary N) is 1. The van der Waals surface area contributed by atoms with Gasteiger partial charge in [-0.2, -0.15) is 14.9 Å². The van der Waals surface area contributed by atoms with E-state index < -0.39 is 23.4 Å². The summed E-state index contributed by atoms with van der Waals surface area (Å²) in [7, 11) is 4.29. The molecule has 0 amide bonds. The number of carbonyl (C=O) groups is 2. The van der Waals surface area contributed by atoms with Crippen LogP contribution >= 0.6 is 0 Å². The van der Waals surface area contributed by atoms with Gasteiger partial charge in [0, 0.05) is 69.7 Å². The Bertz CT molecular complexity index is 3880. The standard InChI is InChI=1S/C37H44N6O4.C26H27N7/c1-9-24-13-15-25(16-14-24)26-17-18-27-30(23-26)43(35(45)47-37(5,6)7)39-31(27)33-38-32-28(41-21-19-40(8)20-22-41)11-10-12-29(32)42(33)34(44)46-36(2,3)4;1-32-11-13-33(14-12-32)23-4-2-3-21-25(23)29-26(28-21)24-20-10-9-19(15-22(20)30-31-24)18-7-5-17(16-27)6-8-18/h10-18,23H,9,19-22H2,1-8H3;2-10,15H,11-14,16,27H2,1H3,(H,28,29)(H,30,31). The highest BCUT2D eigenvalue weighted by atomic mass is 16.6. The first-order valence-electron chi connectivity index (χ1n) is 27.7. The average molecular weight is 1070 g/mol. The van der Waals surface area contributed by atoms with E-state index in [1.54, 1.807) is 0 Å². The molecular weight excluding hydrogens is 1000 g/mol. The van der Waals surface area contributed by atoms with Crippen molar-refractivity contribution in [2.45, 2.75) is 72.6 Å². The second-order valence-electron chi connectivity index (χ2n) is 23.0. The van der Waals surface area contributed by atoms with Gasteiger partial charge in [-0.05, 0) is 144 Å². The molecule has 4 aromatic heterocycles. The maximum atomic E-state index is 14.0. The largest absolute Gasteiger partial charge is 0.443 e. The quantitative estimate of drug-likeness (QED) is 0.131. The molecule has 17 nitrogen and oxygen atoms in total. The molecule has 2 aliphatic rings. The van der Waals surface area contributed by atoms with E-state index in [4.69, 9.17) is 30.3 Å². The number of para-hydroxylation sites is 2. The first-order valence-corrected chi connectivity index (χ1v) is 27.7. The summed E-state index contributed by atoms with van der Waals surface area (Å²) in [5.74, 6) is 1.08. The molecule has 12 rings (SSSR count). The van der Waals surface area contributed by atoms with Gasteiger partial charge >= 0.3 is 12.2 Å². The molecule has 6 heterocycles. The van der Waals surface area contributed by atoms with Crippen LogP contribution in [-0.2, 0) is 22.4 Å². The number of hydrogen-bond acceptors (Lipinski definition) is 13. The maximum Gasteiger partial charge on any atom is 0.435 e. The number of fused-ring (bicyclic) bond motifs is 4. The molecule has 412 valence electrons. The molecule has 0 spiro atoms. The third-order valence-electron chi connectivity index (χ3n) is 14.9. The number of H-pyrrole nitrogens is 2. The second-order valence-corrected chi connectivity index (χ2v) is 23.0. The number of benzene rings is 6. The van der Waals surface area contributed by atoms with Crippen LogP contribution in [0.15, 0.2) is 121 Å². The van der Waals surface area contributed by atoms with Crippen LogP contribution in [0.1, 0.15) is 59.6 Å². The van der Waals surface area contributed by atoms with E-state index in [0.717, 1.165) is 126 Å². The lowest BCUT2D eigenvalue weighted by atomic mass is 10.0. The Hall–Kier alpha value is -8.38. The zero-order chi connectivity index (χ0) is 56.0. The number of anilines is 2. The van der Waals surface area contributed by atoms with Gasteiger partial charge in [-0.25, -0.2) is 24.1 Å². The van der Waals surface area contributed by atoms with Crippen LogP contribution in [0.4, 0.5) is 21.0 Å². The molecular formula is C63H71N13O4. The number of rotatable bonds is 8. The molecule has 80 heavy (non-hydrogen) atoms. The summed E-state index contributed by atoms with van der Waals surface area (Å²) in [6, 6.07) is 41.2. The molecule has 0 bridgehead atoms. The van der Waals surface area contributed by atoms with Gasteiger partial charge in [0.2, 0.25) is 0 Å². The number of aryl methyl sites for hydroxylation is 1. The monoisotopic (exact) mass is 1070 g/mol. The molecule has 2 aliphatic heterocycles. The first-order chi connectivity index (χ1) is 38.4. The molecule has 10 aromatic rings. The van der Waals surface area contributed by atoms with Crippen molar-refractivity contribution in [3.8, 4) is 45.3 Å². The number of aromatic nitrogens is 8. The Kier molecular flexibility index (Phi) is 14.5. The van der Waals surface area contributed by atoms with Gasteiger partial charge in [-0.1, -0.05) is 79.7 Å². The summed E-state index contributed by atoms with van der Waals surface area (Å²) in [5, 5.41) is 14.4. The molecule has 0 unspecified atom stereocenters. The van der Waals surface area contributed by atoms with Crippen LogP contribution in [0, 0.1) is 0 Å². The van der Waals surface area contributed by atoms with E-state index in [2.05, 4.69) is 141 Å². The van der Waals surface area contributed by atoms with Crippen molar-refractivity contribution in [2.24, 2.45) is 5.73 Å². The SMILES string of the molecule is CCc1ccc(-c2ccc3c(-c4nc5c(N6CCN(C)CC6)cccc5n4C(=O)OC(C)(C)C)nn(C(=O)OC(C)(C)C)c3c2)cc1.CN1CCN(c2cccc3[nH]c(-c4n[nH]c5cc(-c6ccc(CN)cc6)ccc45)nc23)CC1. The minimum atomic E-state index is -0.750. The number of ether oxygens (including phenoxy) is 2. The molecule has 0 radical (unpaired) electrons. The maximum absolute atomic E-state index is 14.0. The molecule has 17 heteroatoms. The minimum absolute atomic E-state index is 0.295. The summed E-state index contributed by atoms with van der Waals surface area (Å²) in [6.07, 6.45) is -0.244. The molecule has 0 atom stereocenters. The summed E-state index contributed by atoms with van der Waals surface area (Å²) < 4.78 is 14.5. The number of imidazole rings is 2. The normalized spacial score (nSPS) is 14.8. The van der Waals surface area contributed by atoms with Crippen LogP contribution in [0.25, 0.3) is 89.2 Å². The fourth-order valence-electron chi connectivity index (χ4n) is 10.5. The van der Waals surface area contributed by atoms with Crippen molar-refractivity contribution in [1.82, 2.24) is 49.3 Å². The molecule has 0 saturated carbocycles. The summed E-state index contributed by atoms with van der Waals surface area (Å²) >= 11 is 0. The third-order valence-corrected chi connectivity index (χ3v) is 14.9. The predicted octanol–water partition coefficient (Wildman–Crippen LogP) is 11.6. The van der Waals surface area contributed by atoms with Gasteiger partial charge in [0.25, 0.3) is 0 Å². The van der Waals surface area contributed by atoms with Crippen molar-refractivity contribution in [1.29, 1.82) is 0 Å². The zero-order valence-corrected chi connectivity index (χ0v) is 47.3. The van der Waals surface area contributed by atoms with E-state index in [9.17, 15) is 9.59 Å². The summed E-state index contributed by atoms with van der Waals surface area (Å²) in [6.45, 7) is 21.3. The molecule has 0 aliphatic carbocycles. The van der Waals surface area contributed by atoms with E-state index >= 15 is 0 Å². The Balaban J connectivity index is 0.000000179. The van der Waals surface area contributed by atoms with Gasteiger partial charge in [0.15, 0.2) is 11.6 Å². The van der Waals surface area contributed by atoms with Crippen LogP contribution in [-0.4, -0.2) is 139 Å². The number of carbonyl (C=O) groups excluding carboxylic acids is 2. The van der Waals surface area contributed by atoms with Crippen molar-refractivity contribution in [3.63, 3.8) is 0 Å². The Labute approximate surface area is 466 Å². The number of hydrogen-bond donors (Lipinski definition) is 3. The van der Waals surface area contributed by atoms with Crippen molar-refractivity contribution in [3.05, 3.63) is 132 Å². The second kappa shape index (κ2) is 21.7. The number of aromatic amines is 2. The number of piperazine rings is 2. The summed E-state index contributed by atoms with van der Waals surface area (Å²) in [4.78, 5) is 50.6. The Morgan fingerprint density at radius 3 is 1.73 bits per heavy atom. The van der Waals surface area contributed by atoms with Crippen LogP contribution in [0.3, 0.4) is 0 Å². The van der Waals surface area contributed by atoms with E-state index in [-0.39, 0.29) is 0 Å². The fraction of sp³-hybridized carbons (Fsp3) is 0.333. The molecule has 6 aromatic carbocycles. The lowest BCUT2D eigenvalue weighted by molar-refractivity contribution is 0.0520. The number of nitrogens with one attached hydrogen (secondary N) is 2. The van der Waals surface area contributed by atoms with E-state index in [1.807, 2.05) is 77.9 Å². The molecule has 4 N–H and O–H groups in total. The van der Waals surface area contributed by atoms with Crippen LogP contribution in [0.5, 0.6) is 0 Å². The average Bonchev–Trinajstić information content (AvgIpc) is 4.34. The van der Waals surface area contributed by atoms with Crippen molar-refractivity contribution < 1.29 is 19.1 Å². The van der Waals surface area contributed by atoms with Crippen LogP contribution < -0.4 is 15.5 Å². The van der Waals surface area contributed by atoms with Crippen molar-refractivity contribution >= 4 is 67.4 Å². The highest BCUT2D eigenvalue weighted by Crippen LogP contribution is 2.38. The van der Waals surface area contributed by atoms with Gasteiger partial charge in [0.1, 0.15) is 33.6 Å². The first kappa shape index (κ1) is 53.6. The Morgan fingerprint density at radius 1 is 0.575 bits per heavy atom. The van der Waals surface area contributed by atoms with E-state index in [0.29, 0.717) is 40.0 Å². The van der Waals surface area contributed by atoms with Crippen molar-refractivity contribution in [2.75, 3.05) is 76.3 Å². The smallest absolute Gasteiger partial charge is 0.435 e. The van der Waals surface area contributed by atoms with Crippen LogP contribution in [0.2, 0.25) is 0 Å². The van der Waals surface area contributed by atoms with Gasteiger partial charge < -0.3 is 39.8 Å². The number of nitrogens with zero attached hydrogens (tertiary/aromatic N) is 10. The highest BCUT2D eigenvalue weighted by Gasteiger charge is 2.31. The molecule has 2 saturated heterocycles. The molecule has 2 fully saturated rings. The highest BCUT2D eigenvalue weighted by molar-refractivity contribution is 6.04. The van der Waals surface area contributed by atoms with Gasteiger partial charge in [-0.15, -0.1) is 0 Å².